The van der Waals surface area contributed by atoms with Crippen LogP contribution >= 0.6 is 0 Å². The molecule has 0 rings (SSSR count). The van der Waals surface area contributed by atoms with Gasteiger partial charge in [-0.2, -0.15) is 0 Å². The van der Waals surface area contributed by atoms with Gasteiger partial charge in [-0.15, -0.1) is 0 Å². The zero-order valence-electron chi connectivity index (χ0n) is 5.97. The average Bonchev–Trinajstić information content (AvgIpc) is 1.69. The number of carbonyl (C=O) groups is 1. The van der Waals surface area contributed by atoms with Gasteiger partial charge in [-0.3, -0.25) is 4.21 Å². The van der Waals surface area contributed by atoms with Gasteiger partial charge in [-0.25, -0.2) is 8.42 Å². The summed E-state index contributed by atoms with van der Waals surface area (Å²) in [6.45, 7) is 2.00. The summed E-state index contributed by atoms with van der Waals surface area (Å²) in [5.41, 5.74) is 0. The maximum Gasteiger partial charge on any atom is 1.00 e. The number of hydrogen-bond acceptors (Lipinski definition) is 6. The molecule has 0 aromatic heterocycles. The molecule has 0 heterocycles. The molecule has 0 bridgehead atoms. The van der Waals surface area contributed by atoms with Crippen LogP contribution in [0.3, 0.4) is 0 Å². The van der Waals surface area contributed by atoms with E-state index in [0.29, 0.717) is 0 Å². The van der Waals surface area contributed by atoms with Crippen molar-refractivity contribution < 1.29 is 129 Å². The summed E-state index contributed by atoms with van der Waals surface area (Å²) in [6.07, 6.45) is 0. The van der Waals surface area contributed by atoms with Crippen molar-refractivity contribution in [3.8, 4) is 0 Å². The van der Waals surface area contributed by atoms with E-state index in [1.54, 1.807) is 0 Å². The normalized spacial score (nSPS) is 10.7. The molecule has 1 unspecified atom stereocenters. The molecule has 0 aliphatic heterocycles. The molecule has 0 spiro atoms. The molecule has 0 aliphatic rings. The fraction of sp³-hybridized carbons (Fsp3) is 0. The SMILES string of the molecule is C=O.O=S([O-])S(=O)(=O)[O-].[K+].[K+]. The molecule has 0 aromatic rings. The Morgan fingerprint density at radius 1 is 1.18 bits per heavy atom. The van der Waals surface area contributed by atoms with Gasteiger partial charge in [-0.1, -0.05) is 0 Å². The molecule has 6 nitrogen and oxygen atoms in total. The van der Waals surface area contributed by atoms with Crippen molar-refractivity contribution in [1.82, 2.24) is 0 Å². The first kappa shape index (κ1) is 23.6. The molecule has 0 aliphatic carbocycles. The predicted octanol–water partition coefficient (Wildman–Crippen LogP) is -7.85. The van der Waals surface area contributed by atoms with Crippen molar-refractivity contribution in [3.05, 3.63) is 0 Å². The quantitative estimate of drug-likeness (QED) is 0.198. The van der Waals surface area contributed by atoms with Crippen molar-refractivity contribution in [2.24, 2.45) is 0 Å². The Balaban J connectivity index is -0.0000000564. The van der Waals surface area contributed by atoms with Crippen LogP contribution in [0.5, 0.6) is 0 Å². The third-order valence-electron chi connectivity index (χ3n) is 0.167. The molecule has 0 amide bonds. The maximum absolute atomic E-state index is 9.16. The van der Waals surface area contributed by atoms with E-state index in [4.69, 9.17) is 26.5 Å². The summed E-state index contributed by atoms with van der Waals surface area (Å²) >= 11 is 0. The van der Waals surface area contributed by atoms with E-state index < -0.39 is 19.3 Å². The van der Waals surface area contributed by atoms with Gasteiger partial charge < -0.3 is 13.9 Å². The average molecular weight is 252 g/mol. The largest absolute Gasteiger partial charge is 1.00 e. The Morgan fingerprint density at radius 2 is 1.27 bits per heavy atom. The number of hydrogen-bond donors (Lipinski definition) is 0. The number of carbonyl (C=O) groups excluding carboxylic acids is 1. The summed E-state index contributed by atoms with van der Waals surface area (Å²) < 4.78 is 45.7. The van der Waals surface area contributed by atoms with Crippen molar-refractivity contribution >= 4 is 26.1 Å². The minimum atomic E-state index is -5.07. The van der Waals surface area contributed by atoms with Gasteiger partial charge >= 0.3 is 103 Å². The van der Waals surface area contributed by atoms with E-state index in [-0.39, 0.29) is 103 Å². The van der Waals surface area contributed by atoms with Crippen LogP contribution in [0.2, 0.25) is 0 Å². The molecular weight excluding hydrogens is 250 g/mol. The van der Waals surface area contributed by atoms with Crippen LogP contribution in [-0.4, -0.2) is 28.5 Å². The molecule has 11 heavy (non-hydrogen) atoms. The van der Waals surface area contributed by atoms with Gasteiger partial charge in [0.15, 0.2) is 9.15 Å². The van der Waals surface area contributed by atoms with E-state index in [9.17, 15) is 0 Å². The van der Waals surface area contributed by atoms with Gasteiger partial charge in [0.05, 0.1) is 10.1 Å². The summed E-state index contributed by atoms with van der Waals surface area (Å²) in [7, 11) is -8.59. The minimum Gasteiger partial charge on any atom is -0.761 e. The summed E-state index contributed by atoms with van der Waals surface area (Å²) in [5.74, 6) is 0. The van der Waals surface area contributed by atoms with Gasteiger partial charge in [0, 0.05) is 0 Å². The topological polar surface area (TPSA) is 114 Å². The van der Waals surface area contributed by atoms with Gasteiger partial charge in [0.2, 0.25) is 0 Å². The first-order valence-electron chi connectivity index (χ1n) is 1.29. The summed E-state index contributed by atoms with van der Waals surface area (Å²) in [5, 5.41) is 0. The van der Waals surface area contributed by atoms with Gasteiger partial charge in [0.25, 0.3) is 0 Å². The van der Waals surface area contributed by atoms with Crippen LogP contribution in [0.25, 0.3) is 0 Å². The molecule has 0 saturated carbocycles. The molecule has 0 aromatic carbocycles. The van der Waals surface area contributed by atoms with Crippen molar-refractivity contribution in [3.63, 3.8) is 0 Å². The van der Waals surface area contributed by atoms with Crippen LogP contribution in [0.4, 0.5) is 0 Å². The standard InChI is InChI=1S/CH2O.2K.H2O5S2/c1-2;;;1-6(2)7(3,4)5/h1H2;;;(H,1,2)(H,3,4,5)/q;2*+1;/p-2. The van der Waals surface area contributed by atoms with Crippen molar-refractivity contribution in [2.75, 3.05) is 0 Å². The van der Waals surface area contributed by atoms with Crippen LogP contribution in [-0.2, 0) is 24.1 Å². The Hall–Kier alpha value is 2.96. The first-order valence-corrected chi connectivity index (χ1v) is 4.29. The molecule has 0 fully saturated rings. The Morgan fingerprint density at radius 3 is 1.27 bits per heavy atom. The third-order valence-corrected chi connectivity index (χ3v) is 1.50. The van der Waals surface area contributed by atoms with Crippen LogP contribution < -0.4 is 103 Å². The molecule has 0 saturated heterocycles. The Labute approximate surface area is 151 Å². The molecule has 10 heteroatoms. The summed E-state index contributed by atoms with van der Waals surface area (Å²) in [4.78, 5) is 8.00. The van der Waals surface area contributed by atoms with E-state index in [1.165, 1.54) is 0 Å². The fourth-order valence-corrected chi connectivity index (χ4v) is 0. The second-order valence-corrected chi connectivity index (χ2v) is 3.88. The predicted molar refractivity (Wildman–Crippen MR) is 25.7 cm³/mol. The minimum absolute atomic E-state index is 0. The fourth-order valence-electron chi connectivity index (χ4n) is 0. The second-order valence-electron chi connectivity index (χ2n) is 0.612. The van der Waals surface area contributed by atoms with Gasteiger partial charge in [-0.05, 0) is 0 Å². The van der Waals surface area contributed by atoms with Crippen LogP contribution in [0, 0.1) is 0 Å². The van der Waals surface area contributed by atoms with E-state index >= 15 is 0 Å². The van der Waals surface area contributed by atoms with Crippen LogP contribution in [0.15, 0.2) is 0 Å². The molecule has 0 radical (unpaired) electrons. The van der Waals surface area contributed by atoms with Gasteiger partial charge in [0.1, 0.15) is 6.79 Å². The zero-order valence-corrected chi connectivity index (χ0v) is 13.9. The van der Waals surface area contributed by atoms with Crippen molar-refractivity contribution in [1.29, 1.82) is 0 Å². The van der Waals surface area contributed by atoms with E-state index in [0.717, 1.165) is 0 Å². The first-order chi connectivity index (χ1) is 3.94. The summed E-state index contributed by atoms with van der Waals surface area (Å²) in [6, 6.07) is 0. The second kappa shape index (κ2) is 13.0. The zero-order chi connectivity index (χ0) is 8.08. The molecule has 0 N–H and O–H groups in total. The molecule has 56 valence electrons. The van der Waals surface area contributed by atoms with Crippen LogP contribution in [0.1, 0.15) is 0 Å². The monoisotopic (exact) mass is 252 g/mol. The van der Waals surface area contributed by atoms with Crippen molar-refractivity contribution in [2.45, 2.75) is 0 Å². The third kappa shape index (κ3) is 19.4. The molecule has 1 atom stereocenters. The maximum atomic E-state index is 9.16. The van der Waals surface area contributed by atoms with E-state index in [2.05, 4.69) is 0 Å². The number of rotatable bonds is 1. The molecular formula is CH2K2O6S2. The Bertz CT molecular complexity index is 185. The van der Waals surface area contributed by atoms with E-state index in [1.807, 2.05) is 6.79 Å². The smallest absolute Gasteiger partial charge is 0.761 e. The Kier molecular flexibility index (Phi) is 27.9.